The Hall–Kier alpha value is -1.48. The summed E-state index contributed by atoms with van der Waals surface area (Å²) in [6.45, 7) is 5.80. The molecule has 0 spiro atoms. The van der Waals surface area contributed by atoms with Crippen LogP contribution in [0.2, 0.25) is 5.02 Å². The molecule has 104 valence electrons. The smallest absolute Gasteiger partial charge is 0.328 e. The fourth-order valence-electron chi connectivity index (χ4n) is 2.17. The van der Waals surface area contributed by atoms with Crippen molar-refractivity contribution in [1.82, 2.24) is 0 Å². The van der Waals surface area contributed by atoms with E-state index >= 15 is 0 Å². The SMILES string of the molecule is CCC/C(=C\C(=O)O)c1c(OC)cc(C)c(Cl)c1C. The van der Waals surface area contributed by atoms with Gasteiger partial charge < -0.3 is 9.84 Å². The first kappa shape index (κ1) is 15.6. The Morgan fingerprint density at radius 1 is 1.47 bits per heavy atom. The zero-order chi connectivity index (χ0) is 14.6. The molecule has 0 aliphatic rings. The average Bonchev–Trinajstić information content (AvgIpc) is 2.34. The maximum Gasteiger partial charge on any atom is 0.328 e. The summed E-state index contributed by atoms with van der Waals surface area (Å²) < 4.78 is 5.38. The van der Waals surface area contributed by atoms with Crippen LogP contribution in [-0.2, 0) is 4.79 Å². The zero-order valence-corrected chi connectivity index (χ0v) is 12.5. The summed E-state index contributed by atoms with van der Waals surface area (Å²) in [6.07, 6.45) is 2.76. The highest BCUT2D eigenvalue weighted by molar-refractivity contribution is 6.32. The fraction of sp³-hybridized carbons (Fsp3) is 0.400. The quantitative estimate of drug-likeness (QED) is 0.822. The van der Waals surface area contributed by atoms with Crippen LogP contribution in [0.4, 0.5) is 0 Å². The van der Waals surface area contributed by atoms with Crippen LogP contribution in [0.25, 0.3) is 5.57 Å². The zero-order valence-electron chi connectivity index (χ0n) is 11.7. The Kier molecular flexibility index (Phi) is 5.43. The van der Waals surface area contributed by atoms with E-state index in [2.05, 4.69) is 0 Å². The van der Waals surface area contributed by atoms with Gasteiger partial charge in [0.15, 0.2) is 0 Å². The molecule has 0 amide bonds. The number of carbonyl (C=O) groups is 1. The lowest BCUT2D eigenvalue weighted by Gasteiger charge is -2.17. The number of carboxylic acids is 1. The van der Waals surface area contributed by atoms with Crippen LogP contribution in [0.15, 0.2) is 12.1 Å². The second-order valence-corrected chi connectivity index (χ2v) is 4.85. The Labute approximate surface area is 118 Å². The van der Waals surface area contributed by atoms with Gasteiger partial charge in [-0.3, -0.25) is 0 Å². The maximum absolute atomic E-state index is 11.0. The van der Waals surface area contributed by atoms with E-state index in [-0.39, 0.29) is 0 Å². The third kappa shape index (κ3) is 3.51. The second kappa shape index (κ2) is 6.62. The molecule has 0 aliphatic carbocycles. The third-order valence-corrected chi connectivity index (χ3v) is 3.58. The minimum absolute atomic E-state index is 0.656. The normalized spacial score (nSPS) is 11.5. The highest BCUT2D eigenvalue weighted by atomic mass is 35.5. The van der Waals surface area contributed by atoms with Gasteiger partial charge in [-0.15, -0.1) is 0 Å². The molecule has 1 rings (SSSR count). The molecular weight excluding hydrogens is 264 g/mol. The number of ether oxygens (including phenoxy) is 1. The van der Waals surface area contributed by atoms with E-state index in [1.807, 2.05) is 26.8 Å². The molecule has 0 aliphatic heterocycles. The minimum Gasteiger partial charge on any atom is -0.496 e. The minimum atomic E-state index is -0.957. The Balaban J connectivity index is 3.53. The Bertz CT molecular complexity index is 519. The average molecular weight is 283 g/mol. The molecule has 0 heterocycles. The highest BCUT2D eigenvalue weighted by Gasteiger charge is 2.16. The summed E-state index contributed by atoms with van der Waals surface area (Å²) in [5.74, 6) is -0.290. The van der Waals surface area contributed by atoms with Crippen LogP contribution in [0, 0.1) is 13.8 Å². The lowest BCUT2D eigenvalue weighted by molar-refractivity contribution is -0.131. The molecule has 0 atom stereocenters. The second-order valence-electron chi connectivity index (χ2n) is 4.47. The molecule has 0 fully saturated rings. The molecule has 3 nitrogen and oxygen atoms in total. The number of aryl methyl sites for hydroxylation is 1. The van der Waals surface area contributed by atoms with Gasteiger partial charge in [-0.1, -0.05) is 24.9 Å². The van der Waals surface area contributed by atoms with Crippen molar-refractivity contribution in [3.8, 4) is 5.75 Å². The number of rotatable bonds is 5. The van der Waals surface area contributed by atoms with Crippen LogP contribution in [0.3, 0.4) is 0 Å². The standard InChI is InChI=1S/C15H19ClO3/c1-5-6-11(8-13(17)18)14-10(3)15(16)9(2)7-12(14)19-4/h7-8H,5-6H2,1-4H3,(H,17,18)/b11-8+. The summed E-state index contributed by atoms with van der Waals surface area (Å²) in [4.78, 5) is 11.0. The first-order valence-electron chi connectivity index (χ1n) is 6.19. The van der Waals surface area contributed by atoms with Crippen molar-refractivity contribution >= 4 is 23.1 Å². The number of methoxy groups -OCH3 is 1. The fourth-order valence-corrected chi connectivity index (χ4v) is 2.32. The number of allylic oxidation sites excluding steroid dienone is 1. The molecule has 0 saturated carbocycles. The molecule has 0 saturated heterocycles. The van der Waals surface area contributed by atoms with E-state index in [1.54, 1.807) is 7.11 Å². The van der Waals surface area contributed by atoms with Crippen molar-refractivity contribution in [1.29, 1.82) is 0 Å². The first-order chi connectivity index (χ1) is 8.92. The van der Waals surface area contributed by atoms with Crippen LogP contribution in [0.1, 0.15) is 36.5 Å². The lowest BCUT2D eigenvalue weighted by Crippen LogP contribution is -2.00. The predicted octanol–water partition coefficient (Wildman–Crippen LogP) is 4.23. The molecule has 0 bridgehead atoms. The van der Waals surface area contributed by atoms with Crippen molar-refractivity contribution in [2.24, 2.45) is 0 Å². The molecule has 1 aromatic rings. The lowest BCUT2D eigenvalue weighted by atomic mass is 9.94. The summed E-state index contributed by atoms with van der Waals surface area (Å²) >= 11 is 6.26. The molecule has 4 heteroatoms. The van der Waals surface area contributed by atoms with Crippen LogP contribution >= 0.6 is 11.6 Å². The number of benzene rings is 1. The van der Waals surface area contributed by atoms with Gasteiger partial charge in [0.25, 0.3) is 0 Å². The number of carboxylic acid groups (broad SMARTS) is 1. The van der Waals surface area contributed by atoms with Crippen molar-refractivity contribution < 1.29 is 14.6 Å². The van der Waals surface area contributed by atoms with Crippen molar-refractivity contribution in [3.05, 3.63) is 33.9 Å². The van der Waals surface area contributed by atoms with E-state index in [0.29, 0.717) is 17.2 Å². The monoisotopic (exact) mass is 282 g/mol. The molecule has 19 heavy (non-hydrogen) atoms. The topological polar surface area (TPSA) is 46.5 Å². The van der Waals surface area contributed by atoms with Crippen LogP contribution in [0.5, 0.6) is 5.75 Å². The van der Waals surface area contributed by atoms with Gasteiger partial charge in [0.2, 0.25) is 0 Å². The molecule has 1 aromatic carbocycles. The van der Waals surface area contributed by atoms with Crippen molar-refractivity contribution in [2.45, 2.75) is 33.6 Å². The molecule has 1 N–H and O–H groups in total. The van der Waals surface area contributed by atoms with Crippen molar-refractivity contribution in [2.75, 3.05) is 7.11 Å². The largest absolute Gasteiger partial charge is 0.496 e. The van der Waals surface area contributed by atoms with E-state index in [4.69, 9.17) is 21.4 Å². The van der Waals surface area contributed by atoms with Gasteiger partial charge >= 0.3 is 5.97 Å². The van der Waals surface area contributed by atoms with Gasteiger partial charge in [0, 0.05) is 16.7 Å². The molecule has 0 radical (unpaired) electrons. The highest BCUT2D eigenvalue weighted by Crippen LogP contribution is 2.37. The summed E-state index contributed by atoms with van der Waals surface area (Å²) in [6, 6.07) is 1.84. The third-order valence-electron chi connectivity index (χ3n) is 3.00. The molecular formula is C15H19ClO3. The Morgan fingerprint density at radius 2 is 2.11 bits per heavy atom. The number of aliphatic carboxylic acids is 1. The number of halogens is 1. The van der Waals surface area contributed by atoms with E-state index in [0.717, 1.165) is 28.7 Å². The summed E-state index contributed by atoms with van der Waals surface area (Å²) in [7, 11) is 1.58. The molecule has 0 aromatic heterocycles. The van der Waals surface area contributed by atoms with Crippen molar-refractivity contribution in [3.63, 3.8) is 0 Å². The van der Waals surface area contributed by atoms with E-state index in [1.165, 1.54) is 6.08 Å². The first-order valence-corrected chi connectivity index (χ1v) is 6.57. The van der Waals surface area contributed by atoms with Gasteiger partial charge in [0.1, 0.15) is 5.75 Å². The number of hydrogen-bond acceptors (Lipinski definition) is 2. The van der Waals surface area contributed by atoms with Gasteiger partial charge in [0.05, 0.1) is 7.11 Å². The molecule has 0 unspecified atom stereocenters. The van der Waals surface area contributed by atoms with Gasteiger partial charge in [-0.05, 0) is 43.0 Å². The summed E-state index contributed by atoms with van der Waals surface area (Å²) in [5.41, 5.74) is 3.32. The van der Waals surface area contributed by atoms with Gasteiger partial charge in [-0.2, -0.15) is 0 Å². The Morgan fingerprint density at radius 3 is 2.58 bits per heavy atom. The summed E-state index contributed by atoms with van der Waals surface area (Å²) in [5, 5.41) is 9.66. The van der Waals surface area contributed by atoms with Crippen LogP contribution in [-0.4, -0.2) is 18.2 Å². The predicted molar refractivity (Wildman–Crippen MR) is 78.0 cm³/mol. The van der Waals surface area contributed by atoms with Gasteiger partial charge in [-0.25, -0.2) is 4.79 Å². The van der Waals surface area contributed by atoms with E-state index < -0.39 is 5.97 Å². The number of hydrogen-bond donors (Lipinski definition) is 1. The van der Waals surface area contributed by atoms with E-state index in [9.17, 15) is 4.79 Å². The van der Waals surface area contributed by atoms with Crippen LogP contribution < -0.4 is 4.74 Å². The maximum atomic E-state index is 11.0.